The molecule has 1 aliphatic rings. The van der Waals surface area contributed by atoms with Crippen LogP contribution < -0.4 is 5.32 Å². The van der Waals surface area contributed by atoms with Gasteiger partial charge in [0.1, 0.15) is 6.04 Å². The van der Waals surface area contributed by atoms with E-state index in [-0.39, 0.29) is 18.2 Å². The summed E-state index contributed by atoms with van der Waals surface area (Å²) in [5.74, 6) is -1.88. The summed E-state index contributed by atoms with van der Waals surface area (Å²) in [6.45, 7) is 4.39. The van der Waals surface area contributed by atoms with Gasteiger partial charge < -0.3 is 10.4 Å². The number of nitrogens with one attached hydrogen (secondary N) is 1. The lowest BCUT2D eigenvalue weighted by Gasteiger charge is -2.27. The maximum atomic E-state index is 12.6. The molecule has 6 nitrogen and oxygen atoms in total. The van der Waals surface area contributed by atoms with Crippen molar-refractivity contribution in [1.82, 2.24) is 10.2 Å². The van der Waals surface area contributed by atoms with E-state index in [4.69, 9.17) is 0 Å². The maximum absolute atomic E-state index is 12.6. The molecular weight excluding hydrogens is 380 g/mol. The number of nitrogens with zero attached hydrogens (tertiary/aromatic N) is 1. The highest BCUT2D eigenvalue weighted by molar-refractivity contribution is 6.01. The smallest absolute Gasteiger partial charge is 0.326 e. The van der Waals surface area contributed by atoms with Crippen LogP contribution in [0.25, 0.3) is 0 Å². The van der Waals surface area contributed by atoms with Gasteiger partial charge in [0.05, 0.1) is 6.04 Å². The van der Waals surface area contributed by atoms with Crippen LogP contribution in [0.15, 0.2) is 0 Å². The van der Waals surface area contributed by atoms with E-state index in [0.29, 0.717) is 12.8 Å². The molecule has 2 atom stereocenters. The normalized spacial score (nSPS) is 17.1. The first-order valence-electron chi connectivity index (χ1n) is 12.3. The standard InChI is InChI=1S/C24H44N2O4/c1-3-4-5-6-7-8-9-10-11-12-13-14-15-18-22(27)26(20(2)24(29)30)23(28)21-17-16-19-25-21/h20-21,25H,3-19H2,1-2H3,(H,29,30). The number of carboxylic acid groups (broad SMARTS) is 1. The van der Waals surface area contributed by atoms with Gasteiger partial charge in [-0.25, -0.2) is 4.79 Å². The molecule has 2 unspecified atom stereocenters. The average Bonchev–Trinajstić information content (AvgIpc) is 3.26. The highest BCUT2D eigenvalue weighted by Gasteiger charge is 2.36. The summed E-state index contributed by atoms with van der Waals surface area (Å²) in [6.07, 6.45) is 17.7. The van der Waals surface area contributed by atoms with Gasteiger partial charge in [0.15, 0.2) is 0 Å². The third-order valence-corrected chi connectivity index (χ3v) is 6.10. The molecule has 0 aliphatic carbocycles. The zero-order valence-corrected chi connectivity index (χ0v) is 19.3. The van der Waals surface area contributed by atoms with E-state index in [9.17, 15) is 19.5 Å². The van der Waals surface area contributed by atoms with Crippen LogP contribution in [0.5, 0.6) is 0 Å². The Hall–Kier alpha value is -1.43. The number of carbonyl (C=O) groups excluding carboxylic acids is 2. The predicted octanol–water partition coefficient (Wildman–Crippen LogP) is 5.05. The van der Waals surface area contributed by atoms with Gasteiger partial charge in [-0.1, -0.05) is 84.0 Å². The Morgan fingerprint density at radius 3 is 1.83 bits per heavy atom. The van der Waals surface area contributed by atoms with Crippen molar-refractivity contribution in [3.8, 4) is 0 Å². The SMILES string of the molecule is CCCCCCCCCCCCCCCC(=O)N(C(=O)C1CCCN1)C(C)C(=O)O. The molecule has 0 radical (unpaired) electrons. The van der Waals surface area contributed by atoms with Crippen molar-refractivity contribution >= 4 is 17.8 Å². The number of unbranched alkanes of at least 4 members (excludes halogenated alkanes) is 12. The van der Waals surface area contributed by atoms with E-state index in [0.717, 1.165) is 30.7 Å². The van der Waals surface area contributed by atoms with Crippen molar-refractivity contribution in [1.29, 1.82) is 0 Å². The quantitative estimate of drug-likeness (QED) is 0.319. The molecule has 0 aromatic heterocycles. The molecule has 1 rings (SSSR count). The number of aliphatic carboxylic acids is 1. The van der Waals surface area contributed by atoms with Gasteiger partial charge in [-0.15, -0.1) is 0 Å². The van der Waals surface area contributed by atoms with Gasteiger partial charge in [0, 0.05) is 6.42 Å². The minimum atomic E-state index is -1.14. The topological polar surface area (TPSA) is 86.7 Å². The van der Waals surface area contributed by atoms with E-state index >= 15 is 0 Å². The molecule has 0 saturated carbocycles. The van der Waals surface area contributed by atoms with Crippen LogP contribution in [0.1, 0.15) is 117 Å². The number of carboxylic acids is 1. The van der Waals surface area contributed by atoms with Crippen molar-refractivity contribution in [3.05, 3.63) is 0 Å². The van der Waals surface area contributed by atoms with Crippen molar-refractivity contribution in [3.63, 3.8) is 0 Å². The zero-order chi connectivity index (χ0) is 22.2. The number of carbonyl (C=O) groups is 3. The fourth-order valence-electron chi connectivity index (χ4n) is 4.12. The Bertz CT molecular complexity index is 503. The summed E-state index contributed by atoms with van der Waals surface area (Å²) in [7, 11) is 0. The second kappa shape index (κ2) is 16.3. The minimum absolute atomic E-state index is 0.244. The van der Waals surface area contributed by atoms with Crippen molar-refractivity contribution < 1.29 is 19.5 Å². The van der Waals surface area contributed by atoms with Crippen molar-refractivity contribution in [2.75, 3.05) is 6.54 Å². The van der Waals surface area contributed by atoms with Crippen LogP contribution in [0, 0.1) is 0 Å². The zero-order valence-electron chi connectivity index (χ0n) is 19.3. The molecule has 0 aromatic carbocycles. The molecule has 0 bridgehead atoms. The van der Waals surface area contributed by atoms with E-state index < -0.39 is 18.1 Å². The van der Waals surface area contributed by atoms with Crippen LogP contribution in [0.4, 0.5) is 0 Å². The number of hydrogen-bond acceptors (Lipinski definition) is 4. The summed E-state index contributed by atoms with van der Waals surface area (Å²) in [4.78, 5) is 37.6. The first kappa shape index (κ1) is 26.6. The molecule has 1 aliphatic heterocycles. The fourth-order valence-corrected chi connectivity index (χ4v) is 4.12. The highest BCUT2D eigenvalue weighted by atomic mass is 16.4. The molecule has 1 fully saturated rings. The molecule has 30 heavy (non-hydrogen) atoms. The van der Waals surface area contributed by atoms with E-state index in [1.807, 2.05) is 0 Å². The molecule has 1 saturated heterocycles. The third kappa shape index (κ3) is 10.6. The molecule has 0 spiro atoms. The Kier molecular flexibility index (Phi) is 14.4. The van der Waals surface area contributed by atoms with Gasteiger partial charge in [-0.3, -0.25) is 14.5 Å². The first-order chi connectivity index (χ1) is 14.5. The van der Waals surface area contributed by atoms with Gasteiger partial charge in [0.25, 0.3) is 0 Å². The van der Waals surface area contributed by atoms with Crippen LogP contribution in [0.3, 0.4) is 0 Å². The van der Waals surface area contributed by atoms with E-state index in [1.165, 1.54) is 71.1 Å². The Morgan fingerprint density at radius 1 is 0.900 bits per heavy atom. The molecular formula is C24H44N2O4. The van der Waals surface area contributed by atoms with Gasteiger partial charge in [-0.2, -0.15) is 0 Å². The summed E-state index contributed by atoms with van der Waals surface area (Å²) in [6, 6.07) is -1.54. The van der Waals surface area contributed by atoms with Crippen molar-refractivity contribution in [2.45, 2.75) is 129 Å². The highest BCUT2D eigenvalue weighted by Crippen LogP contribution is 2.16. The second-order valence-corrected chi connectivity index (χ2v) is 8.76. The summed E-state index contributed by atoms with van der Waals surface area (Å²) < 4.78 is 0. The lowest BCUT2D eigenvalue weighted by atomic mass is 10.0. The van der Waals surface area contributed by atoms with Crippen LogP contribution in [-0.2, 0) is 14.4 Å². The third-order valence-electron chi connectivity index (χ3n) is 6.10. The minimum Gasteiger partial charge on any atom is -0.480 e. The summed E-state index contributed by atoms with van der Waals surface area (Å²) >= 11 is 0. The van der Waals surface area contributed by atoms with Crippen molar-refractivity contribution in [2.24, 2.45) is 0 Å². The Morgan fingerprint density at radius 2 is 1.40 bits per heavy atom. The molecule has 2 N–H and O–H groups in total. The number of imide groups is 1. The van der Waals surface area contributed by atoms with Crippen LogP contribution in [-0.4, -0.2) is 46.4 Å². The van der Waals surface area contributed by atoms with Gasteiger partial charge in [-0.05, 0) is 32.7 Å². The average molecular weight is 425 g/mol. The lowest BCUT2D eigenvalue weighted by molar-refractivity contribution is -0.158. The van der Waals surface area contributed by atoms with Gasteiger partial charge >= 0.3 is 5.97 Å². The summed E-state index contributed by atoms with van der Waals surface area (Å²) in [5.41, 5.74) is 0. The monoisotopic (exact) mass is 424 g/mol. The van der Waals surface area contributed by atoms with E-state index in [1.54, 1.807) is 0 Å². The molecule has 2 amide bonds. The molecule has 6 heteroatoms. The summed E-state index contributed by atoms with van der Waals surface area (Å²) in [5, 5.41) is 12.4. The van der Waals surface area contributed by atoms with Gasteiger partial charge in [0.2, 0.25) is 11.8 Å². The predicted molar refractivity (Wildman–Crippen MR) is 120 cm³/mol. The lowest BCUT2D eigenvalue weighted by Crippen LogP contribution is -2.53. The number of amides is 2. The van der Waals surface area contributed by atoms with Crippen LogP contribution >= 0.6 is 0 Å². The Labute approximate surface area is 183 Å². The Balaban J connectivity index is 2.17. The largest absolute Gasteiger partial charge is 0.480 e. The maximum Gasteiger partial charge on any atom is 0.326 e. The molecule has 1 heterocycles. The number of hydrogen-bond donors (Lipinski definition) is 2. The fraction of sp³-hybridized carbons (Fsp3) is 0.875. The number of rotatable bonds is 17. The molecule has 174 valence electrons. The van der Waals surface area contributed by atoms with Crippen LogP contribution in [0.2, 0.25) is 0 Å². The van der Waals surface area contributed by atoms with E-state index in [2.05, 4.69) is 12.2 Å². The molecule has 0 aromatic rings. The first-order valence-corrected chi connectivity index (χ1v) is 12.3. The second-order valence-electron chi connectivity index (χ2n) is 8.76.